The third kappa shape index (κ3) is 2.22. The molecule has 0 saturated heterocycles. The van der Waals surface area contributed by atoms with Crippen molar-refractivity contribution >= 4 is 0 Å². The first-order valence-electron chi connectivity index (χ1n) is 5.41. The van der Waals surface area contributed by atoms with E-state index in [2.05, 4.69) is 4.98 Å². The number of nitriles is 2. The van der Waals surface area contributed by atoms with Crippen molar-refractivity contribution in [1.29, 1.82) is 10.5 Å². The van der Waals surface area contributed by atoms with Gasteiger partial charge >= 0.3 is 0 Å². The van der Waals surface area contributed by atoms with Crippen LogP contribution in [-0.4, -0.2) is 4.98 Å². The lowest BCUT2D eigenvalue weighted by Crippen LogP contribution is -2.12. The van der Waals surface area contributed by atoms with Crippen molar-refractivity contribution in [3.8, 4) is 23.3 Å². The summed E-state index contributed by atoms with van der Waals surface area (Å²) in [6, 6.07) is 9.07. The molecule has 2 rings (SSSR count). The Morgan fingerprint density at radius 3 is 2.58 bits per heavy atom. The summed E-state index contributed by atoms with van der Waals surface area (Å²) in [5.41, 5.74) is 0.756. The highest BCUT2D eigenvalue weighted by molar-refractivity contribution is 5.71. The van der Waals surface area contributed by atoms with E-state index in [1.54, 1.807) is 19.1 Å². The van der Waals surface area contributed by atoms with Crippen molar-refractivity contribution in [3.63, 3.8) is 0 Å². The minimum absolute atomic E-state index is 0.0545. The molecule has 0 bridgehead atoms. The number of aromatic nitrogens is 1. The summed E-state index contributed by atoms with van der Waals surface area (Å²) in [7, 11) is 0. The molecule has 0 atom stereocenters. The number of nitrogens with zero attached hydrogens (tertiary/aromatic N) is 2. The molecule has 0 spiro atoms. The summed E-state index contributed by atoms with van der Waals surface area (Å²) >= 11 is 0. The van der Waals surface area contributed by atoms with E-state index in [-0.39, 0.29) is 11.1 Å². The molecule has 5 heteroatoms. The largest absolute Gasteiger partial charge is 0.325 e. The van der Waals surface area contributed by atoms with Crippen LogP contribution in [0.2, 0.25) is 0 Å². The number of pyridine rings is 1. The Kier molecular flexibility index (Phi) is 3.14. The molecule has 19 heavy (non-hydrogen) atoms. The van der Waals surface area contributed by atoms with Crippen LogP contribution in [0.1, 0.15) is 16.8 Å². The fraction of sp³-hybridized carbons (Fsp3) is 0.0714. The number of benzene rings is 1. The van der Waals surface area contributed by atoms with Gasteiger partial charge in [-0.25, -0.2) is 4.39 Å². The zero-order chi connectivity index (χ0) is 14.0. The van der Waals surface area contributed by atoms with Crippen LogP contribution in [0, 0.1) is 35.4 Å². The smallest absolute Gasteiger partial charge is 0.266 e. The van der Waals surface area contributed by atoms with Crippen LogP contribution in [0.25, 0.3) is 11.1 Å². The first-order chi connectivity index (χ1) is 9.06. The number of aryl methyl sites for hydroxylation is 1. The third-order valence-electron chi connectivity index (χ3n) is 2.68. The second kappa shape index (κ2) is 4.75. The van der Waals surface area contributed by atoms with Gasteiger partial charge in [0.15, 0.2) is 0 Å². The highest BCUT2D eigenvalue weighted by Crippen LogP contribution is 2.24. The fourth-order valence-corrected chi connectivity index (χ4v) is 1.81. The number of hydrogen-bond donors (Lipinski definition) is 1. The molecule has 0 saturated carbocycles. The Bertz CT molecular complexity index is 794. The van der Waals surface area contributed by atoms with Crippen molar-refractivity contribution in [2.75, 3.05) is 0 Å². The molecule has 4 nitrogen and oxygen atoms in total. The van der Waals surface area contributed by atoms with Crippen LogP contribution in [0.5, 0.6) is 0 Å². The standard InChI is InChI=1S/C14H8FN3O/c1-8-4-11(12(7-17)14(19)18-8)9-2-3-13(15)10(5-9)6-16/h2-5H,1H3,(H,18,19). The van der Waals surface area contributed by atoms with Gasteiger partial charge < -0.3 is 4.98 Å². The van der Waals surface area contributed by atoms with Gasteiger partial charge in [-0.2, -0.15) is 10.5 Å². The summed E-state index contributed by atoms with van der Waals surface area (Å²) in [5.74, 6) is -0.633. The predicted molar refractivity (Wildman–Crippen MR) is 66.6 cm³/mol. The Labute approximate surface area is 108 Å². The third-order valence-corrected chi connectivity index (χ3v) is 2.68. The molecule has 0 aliphatic carbocycles. The number of aromatic amines is 1. The molecule has 1 heterocycles. The molecular formula is C14H8FN3O. The lowest BCUT2D eigenvalue weighted by atomic mass is 9.99. The van der Waals surface area contributed by atoms with Gasteiger partial charge in [0, 0.05) is 11.3 Å². The van der Waals surface area contributed by atoms with Crippen molar-refractivity contribution in [1.82, 2.24) is 4.98 Å². The monoisotopic (exact) mass is 253 g/mol. The summed E-state index contributed by atoms with van der Waals surface area (Å²) < 4.78 is 13.3. The number of H-pyrrole nitrogens is 1. The maximum absolute atomic E-state index is 13.3. The molecule has 2 aromatic rings. The fourth-order valence-electron chi connectivity index (χ4n) is 1.81. The molecule has 1 aromatic heterocycles. The minimum Gasteiger partial charge on any atom is -0.325 e. The average molecular weight is 253 g/mol. The molecule has 1 N–H and O–H groups in total. The number of nitrogens with one attached hydrogen (secondary N) is 1. The molecular weight excluding hydrogens is 245 g/mol. The van der Waals surface area contributed by atoms with Crippen LogP contribution in [0.3, 0.4) is 0 Å². The predicted octanol–water partition coefficient (Wildman–Crippen LogP) is 2.23. The highest BCUT2D eigenvalue weighted by atomic mass is 19.1. The normalized spacial score (nSPS) is 9.68. The van der Waals surface area contributed by atoms with E-state index in [1.165, 1.54) is 12.1 Å². The van der Waals surface area contributed by atoms with Crippen LogP contribution < -0.4 is 5.56 Å². The van der Waals surface area contributed by atoms with Crippen LogP contribution >= 0.6 is 0 Å². The molecule has 0 unspecified atom stereocenters. The molecule has 0 amide bonds. The van der Waals surface area contributed by atoms with Crippen LogP contribution in [0.15, 0.2) is 29.1 Å². The topological polar surface area (TPSA) is 80.4 Å². The van der Waals surface area contributed by atoms with Gasteiger partial charge in [0.2, 0.25) is 0 Å². The maximum atomic E-state index is 13.3. The Balaban J connectivity index is 2.77. The summed E-state index contributed by atoms with van der Waals surface area (Å²) in [5, 5.41) is 17.8. The summed E-state index contributed by atoms with van der Waals surface area (Å²) in [6.07, 6.45) is 0. The number of rotatable bonds is 1. The zero-order valence-electron chi connectivity index (χ0n) is 9.99. The second-order valence-corrected chi connectivity index (χ2v) is 3.99. The zero-order valence-corrected chi connectivity index (χ0v) is 9.99. The van der Waals surface area contributed by atoms with Crippen LogP contribution in [-0.2, 0) is 0 Å². The van der Waals surface area contributed by atoms with Crippen molar-refractivity contribution in [2.45, 2.75) is 6.92 Å². The van der Waals surface area contributed by atoms with Gasteiger partial charge in [-0.1, -0.05) is 6.07 Å². The van der Waals surface area contributed by atoms with E-state index >= 15 is 0 Å². The molecule has 0 aliphatic rings. The van der Waals surface area contributed by atoms with E-state index in [1.807, 2.05) is 6.07 Å². The van der Waals surface area contributed by atoms with Gasteiger partial charge in [-0.15, -0.1) is 0 Å². The van der Waals surface area contributed by atoms with Gasteiger partial charge in [-0.3, -0.25) is 4.79 Å². The van der Waals surface area contributed by atoms with Crippen LogP contribution in [0.4, 0.5) is 4.39 Å². The van der Waals surface area contributed by atoms with E-state index in [9.17, 15) is 9.18 Å². The Morgan fingerprint density at radius 2 is 1.95 bits per heavy atom. The quantitative estimate of drug-likeness (QED) is 0.846. The first kappa shape index (κ1) is 12.5. The molecule has 0 aliphatic heterocycles. The second-order valence-electron chi connectivity index (χ2n) is 3.99. The molecule has 92 valence electrons. The number of halogens is 1. The first-order valence-corrected chi connectivity index (χ1v) is 5.41. The average Bonchev–Trinajstić information content (AvgIpc) is 2.38. The van der Waals surface area contributed by atoms with Gasteiger partial charge in [0.05, 0.1) is 5.56 Å². The van der Waals surface area contributed by atoms with E-state index in [4.69, 9.17) is 10.5 Å². The summed E-state index contributed by atoms with van der Waals surface area (Å²) in [6.45, 7) is 1.68. The van der Waals surface area contributed by atoms with E-state index < -0.39 is 11.4 Å². The van der Waals surface area contributed by atoms with Crippen molar-refractivity contribution in [3.05, 3.63) is 57.3 Å². The lowest BCUT2D eigenvalue weighted by Gasteiger charge is -2.06. The molecule has 0 fully saturated rings. The maximum Gasteiger partial charge on any atom is 0.266 e. The van der Waals surface area contributed by atoms with Gasteiger partial charge in [0.25, 0.3) is 5.56 Å². The van der Waals surface area contributed by atoms with Gasteiger partial charge in [0.1, 0.15) is 23.5 Å². The van der Waals surface area contributed by atoms with Crippen molar-refractivity contribution in [2.24, 2.45) is 0 Å². The van der Waals surface area contributed by atoms with E-state index in [0.717, 1.165) is 6.07 Å². The molecule has 0 radical (unpaired) electrons. The molecule has 1 aromatic carbocycles. The SMILES string of the molecule is Cc1cc(-c2ccc(F)c(C#N)c2)c(C#N)c(=O)[nH]1. The Hall–Kier alpha value is -2.92. The lowest BCUT2D eigenvalue weighted by molar-refractivity contribution is 0.624. The number of hydrogen-bond acceptors (Lipinski definition) is 3. The van der Waals surface area contributed by atoms with Gasteiger partial charge in [-0.05, 0) is 30.7 Å². The minimum atomic E-state index is -0.633. The van der Waals surface area contributed by atoms with Crippen molar-refractivity contribution < 1.29 is 4.39 Å². The highest BCUT2D eigenvalue weighted by Gasteiger charge is 2.12. The van der Waals surface area contributed by atoms with E-state index in [0.29, 0.717) is 16.8 Å². The Morgan fingerprint density at radius 1 is 1.21 bits per heavy atom. The summed E-state index contributed by atoms with van der Waals surface area (Å²) in [4.78, 5) is 14.2.